The molecule has 0 spiro atoms. The molecule has 2 aromatic rings. The summed E-state index contributed by atoms with van der Waals surface area (Å²) >= 11 is 0. The fourth-order valence-electron chi connectivity index (χ4n) is 2.13. The Bertz CT molecular complexity index is 876. The molecule has 0 heterocycles. The monoisotopic (exact) mass is 385 g/mol. The summed E-state index contributed by atoms with van der Waals surface area (Å²) in [6, 6.07) is 11.9. The Labute approximate surface area is 161 Å². The maximum atomic E-state index is 12.4. The summed E-state index contributed by atoms with van der Waals surface area (Å²) in [6.07, 6.45) is 1.31. The zero-order valence-corrected chi connectivity index (χ0v) is 15.3. The number of nitrogens with zero attached hydrogens (tertiary/aromatic N) is 1. The standard InChI is InChI=1S/C19H19N3O6/c1-3-28-19(24)17(12-20-14-6-10-16(27-2)11-7-14)21-18(23)13-4-8-15(9-5-13)22(25)26/h4-12,20H,3H2,1-2H3,(H,21,23)/b17-12-. The quantitative estimate of drug-likeness (QED) is 0.310. The topological polar surface area (TPSA) is 120 Å². The molecule has 9 heteroatoms. The average Bonchev–Trinajstić information content (AvgIpc) is 2.71. The van der Waals surface area contributed by atoms with Gasteiger partial charge >= 0.3 is 5.97 Å². The smallest absolute Gasteiger partial charge is 0.356 e. The Balaban J connectivity index is 2.15. The predicted octanol–water partition coefficient (Wildman–Crippen LogP) is 2.85. The molecule has 0 radical (unpaired) electrons. The Morgan fingerprint density at radius 3 is 2.29 bits per heavy atom. The van der Waals surface area contributed by atoms with Crippen molar-refractivity contribution in [2.24, 2.45) is 0 Å². The van der Waals surface area contributed by atoms with Crippen molar-refractivity contribution in [1.82, 2.24) is 5.32 Å². The van der Waals surface area contributed by atoms with Crippen LogP contribution in [0, 0.1) is 10.1 Å². The largest absolute Gasteiger partial charge is 0.497 e. The first kappa shape index (κ1) is 20.4. The molecule has 0 saturated heterocycles. The van der Waals surface area contributed by atoms with E-state index in [1.807, 2.05) is 0 Å². The van der Waals surface area contributed by atoms with E-state index < -0.39 is 16.8 Å². The predicted molar refractivity (Wildman–Crippen MR) is 102 cm³/mol. The molecule has 2 N–H and O–H groups in total. The van der Waals surface area contributed by atoms with Gasteiger partial charge in [0.1, 0.15) is 11.4 Å². The van der Waals surface area contributed by atoms with Gasteiger partial charge in [0.15, 0.2) is 0 Å². The molecule has 0 fully saturated rings. The fourth-order valence-corrected chi connectivity index (χ4v) is 2.13. The first-order chi connectivity index (χ1) is 13.4. The van der Waals surface area contributed by atoms with Crippen molar-refractivity contribution in [2.75, 3.05) is 19.0 Å². The van der Waals surface area contributed by atoms with Crippen LogP contribution in [0.5, 0.6) is 5.75 Å². The molecule has 0 bridgehead atoms. The number of benzene rings is 2. The summed E-state index contributed by atoms with van der Waals surface area (Å²) < 4.78 is 10.0. The molecule has 0 unspecified atom stereocenters. The van der Waals surface area contributed by atoms with Gasteiger partial charge in [-0.05, 0) is 43.3 Å². The number of rotatable bonds is 8. The first-order valence-electron chi connectivity index (χ1n) is 8.28. The van der Waals surface area contributed by atoms with Crippen LogP contribution in [-0.2, 0) is 9.53 Å². The van der Waals surface area contributed by atoms with Crippen molar-refractivity contribution < 1.29 is 24.0 Å². The Morgan fingerprint density at radius 1 is 1.11 bits per heavy atom. The van der Waals surface area contributed by atoms with Crippen LogP contribution in [0.25, 0.3) is 0 Å². The molecular formula is C19H19N3O6. The van der Waals surface area contributed by atoms with Gasteiger partial charge in [-0.3, -0.25) is 14.9 Å². The maximum absolute atomic E-state index is 12.4. The second-order valence-electron chi connectivity index (χ2n) is 5.41. The van der Waals surface area contributed by atoms with Crippen molar-refractivity contribution in [1.29, 1.82) is 0 Å². The highest BCUT2D eigenvalue weighted by molar-refractivity contribution is 6.01. The van der Waals surface area contributed by atoms with E-state index in [-0.39, 0.29) is 23.6 Å². The van der Waals surface area contributed by atoms with Gasteiger partial charge in [0, 0.05) is 29.6 Å². The third kappa shape index (κ3) is 5.56. The van der Waals surface area contributed by atoms with Gasteiger partial charge in [0.2, 0.25) is 0 Å². The third-order valence-electron chi connectivity index (χ3n) is 3.56. The van der Waals surface area contributed by atoms with E-state index in [9.17, 15) is 19.7 Å². The van der Waals surface area contributed by atoms with Gasteiger partial charge in [-0.25, -0.2) is 4.79 Å². The zero-order valence-electron chi connectivity index (χ0n) is 15.3. The number of hydrogen-bond acceptors (Lipinski definition) is 7. The second-order valence-corrected chi connectivity index (χ2v) is 5.41. The van der Waals surface area contributed by atoms with Crippen LogP contribution in [0.2, 0.25) is 0 Å². The molecule has 2 aromatic carbocycles. The van der Waals surface area contributed by atoms with E-state index in [1.54, 1.807) is 38.3 Å². The summed E-state index contributed by atoms with van der Waals surface area (Å²) in [5.74, 6) is -0.656. The highest BCUT2D eigenvalue weighted by Gasteiger charge is 2.16. The van der Waals surface area contributed by atoms with Crippen molar-refractivity contribution in [3.05, 3.63) is 76.1 Å². The van der Waals surface area contributed by atoms with Crippen LogP contribution in [0.4, 0.5) is 11.4 Å². The maximum Gasteiger partial charge on any atom is 0.356 e. The summed E-state index contributed by atoms with van der Waals surface area (Å²) in [6.45, 7) is 1.77. The number of ether oxygens (including phenoxy) is 2. The summed E-state index contributed by atoms with van der Waals surface area (Å²) in [4.78, 5) is 34.6. The minimum absolute atomic E-state index is 0.110. The average molecular weight is 385 g/mol. The van der Waals surface area contributed by atoms with Gasteiger partial charge in [-0.2, -0.15) is 0 Å². The van der Waals surface area contributed by atoms with Crippen LogP contribution in [-0.4, -0.2) is 30.5 Å². The van der Waals surface area contributed by atoms with Crippen LogP contribution in [0.15, 0.2) is 60.4 Å². The van der Waals surface area contributed by atoms with E-state index in [4.69, 9.17) is 9.47 Å². The number of amides is 1. The van der Waals surface area contributed by atoms with E-state index in [0.29, 0.717) is 11.4 Å². The van der Waals surface area contributed by atoms with Crippen LogP contribution in [0.1, 0.15) is 17.3 Å². The number of nitro benzene ring substituents is 1. The molecule has 2 rings (SSSR count). The number of non-ortho nitro benzene ring substituents is 1. The van der Waals surface area contributed by atoms with Crippen molar-refractivity contribution in [3.63, 3.8) is 0 Å². The Hall–Kier alpha value is -3.88. The lowest BCUT2D eigenvalue weighted by Gasteiger charge is -2.10. The number of methoxy groups -OCH3 is 1. The second kappa shape index (κ2) is 9.72. The van der Waals surface area contributed by atoms with E-state index in [1.165, 1.54) is 30.5 Å². The molecule has 0 atom stereocenters. The highest BCUT2D eigenvalue weighted by atomic mass is 16.6. The number of carbonyl (C=O) groups is 2. The Kier molecular flexibility index (Phi) is 7.09. The van der Waals surface area contributed by atoms with Gasteiger partial charge in [0.05, 0.1) is 18.6 Å². The number of anilines is 1. The van der Waals surface area contributed by atoms with E-state index in [0.717, 1.165) is 0 Å². The molecule has 0 saturated carbocycles. The Morgan fingerprint density at radius 2 is 1.75 bits per heavy atom. The van der Waals surface area contributed by atoms with Crippen LogP contribution >= 0.6 is 0 Å². The summed E-state index contributed by atoms with van der Waals surface area (Å²) in [5.41, 5.74) is 0.567. The van der Waals surface area contributed by atoms with Gasteiger partial charge in [0.25, 0.3) is 11.6 Å². The van der Waals surface area contributed by atoms with Crippen molar-refractivity contribution in [2.45, 2.75) is 6.92 Å². The molecule has 0 aliphatic carbocycles. The zero-order chi connectivity index (χ0) is 20.5. The van der Waals surface area contributed by atoms with Crippen LogP contribution < -0.4 is 15.4 Å². The first-order valence-corrected chi connectivity index (χ1v) is 8.28. The molecule has 0 aliphatic rings. The lowest BCUT2D eigenvalue weighted by Crippen LogP contribution is -2.29. The van der Waals surface area contributed by atoms with E-state index in [2.05, 4.69) is 10.6 Å². The number of hydrogen-bond donors (Lipinski definition) is 2. The highest BCUT2D eigenvalue weighted by Crippen LogP contribution is 2.16. The molecule has 1 amide bonds. The normalized spacial score (nSPS) is 10.7. The molecule has 146 valence electrons. The van der Waals surface area contributed by atoms with Gasteiger partial charge < -0.3 is 20.1 Å². The molecule has 9 nitrogen and oxygen atoms in total. The fraction of sp³-hybridized carbons (Fsp3) is 0.158. The van der Waals surface area contributed by atoms with Gasteiger partial charge in [-0.1, -0.05) is 0 Å². The molecule has 28 heavy (non-hydrogen) atoms. The number of nitro groups is 1. The molecule has 0 aliphatic heterocycles. The minimum Gasteiger partial charge on any atom is -0.497 e. The summed E-state index contributed by atoms with van der Waals surface area (Å²) in [7, 11) is 1.55. The van der Waals surface area contributed by atoms with Crippen LogP contribution in [0.3, 0.4) is 0 Å². The minimum atomic E-state index is -0.723. The SMILES string of the molecule is CCOC(=O)/C(=C/Nc1ccc(OC)cc1)NC(=O)c1ccc([N+](=O)[O-])cc1. The summed E-state index contributed by atoms with van der Waals surface area (Å²) in [5, 5.41) is 16.0. The number of nitrogens with one attached hydrogen (secondary N) is 2. The van der Waals surface area contributed by atoms with Crippen molar-refractivity contribution >= 4 is 23.3 Å². The van der Waals surface area contributed by atoms with E-state index >= 15 is 0 Å². The molecule has 0 aromatic heterocycles. The number of esters is 1. The third-order valence-corrected chi connectivity index (χ3v) is 3.56. The van der Waals surface area contributed by atoms with Gasteiger partial charge in [-0.15, -0.1) is 0 Å². The molecular weight excluding hydrogens is 366 g/mol. The number of carbonyl (C=O) groups excluding carboxylic acids is 2. The lowest BCUT2D eigenvalue weighted by atomic mass is 10.2. The lowest BCUT2D eigenvalue weighted by molar-refractivity contribution is -0.384. The van der Waals surface area contributed by atoms with Crippen molar-refractivity contribution in [3.8, 4) is 5.75 Å².